The topological polar surface area (TPSA) is 78.9 Å². The van der Waals surface area contributed by atoms with Gasteiger partial charge in [0.2, 0.25) is 0 Å². The fourth-order valence-electron chi connectivity index (χ4n) is 1.10. The van der Waals surface area contributed by atoms with Gasteiger partial charge in [0.25, 0.3) is 10.2 Å². The van der Waals surface area contributed by atoms with Crippen LogP contribution in [-0.2, 0) is 14.9 Å². The molecule has 6 nitrogen and oxygen atoms in total. The second kappa shape index (κ2) is 5.04. The number of aliphatic hydroxyl groups is 1. The van der Waals surface area contributed by atoms with E-state index >= 15 is 0 Å². The third kappa shape index (κ3) is 3.50. The maximum Gasteiger partial charge on any atom is 0.279 e. The predicted molar refractivity (Wildman–Crippen MR) is 51.0 cm³/mol. The smallest absolute Gasteiger partial charge is 0.279 e. The second-order valence-electron chi connectivity index (χ2n) is 3.21. The first kappa shape index (κ1) is 11.9. The summed E-state index contributed by atoms with van der Waals surface area (Å²) in [5, 5.41) is 8.94. The van der Waals surface area contributed by atoms with E-state index in [1.54, 1.807) is 0 Å². The van der Waals surface area contributed by atoms with Gasteiger partial charge in [-0.1, -0.05) is 0 Å². The average molecular weight is 224 g/mol. The van der Waals surface area contributed by atoms with Crippen LogP contribution in [0.3, 0.4) is 0 Å². The lowest BCUT2D eigenvalue weighted by atomic mass is 10.4. The Balaban J connectivity index is 2.46. The molecule has 0 unspecified atom stereocenters. The van der Waals surface area contributed by atoms with E-state index in [-0.39, 0.29) is 6.54 Å². The molecule has 1 aliphatic heterocycles. The summed E-state index contributed by atoms with van der Waals surface area (Å²) in [5.74, 6) is 0. The standard InChI is InChI=1S/C7H16N2O4S/c1-7(10)6-8-14(11,12)9-2-4-13-5-3-9/h7-8,10H,2-6H2,1H3/t7-/m0/s1. The van der Waals surface area contributed by atoms with Crippen molar-refractivity contribution in [2.24, 2.45) is 0 Å². The van der Waals surface area contributed by atoms with Gasteiger partial charge in [-0.3, -0.25) is 0 Å². The van der Waals surface area contributed by atoms with Crippen LogP contribution in [0, 0.1) is 0 Å². The fraction of sp³-hybridized carbons (Fsp3) is 1.00. The van der Waals surface area contributed by atoms with E-state index in [0.29, 0.717) is 26.3 Å². The molecule has 0 spiro atoms. The molecule has 1 aliphatic rings. The highest BCUT2D eigenvalue weighted by Gasteiger charge is 2.23. The molecule has 1 saturated heterocycles. The van der Waals surface area contributed by atoms with Crippen LogP contribution in [0.5, 0.6) is 0 Å². The molecule has 0 aromatic carbocycles. The van der Waals surface area contributed by atoms with Crippen molar-refractivity contribution in [3.8, 4) is 0 Å². The number of nitrogens with one attached hydrogen (secondary N) is 1. The van der Waals surface area contributed by atoms with E-state index in [2.05, 4.69) is 4.72 Å². The van der Waals surface area contributed by atoms with Crippen molar-refractivity contribution in [1.29, 1.82) is 0 Å². The number of hydrogen-bond acceptors (Lipinski definition) is 4. The molecule has 1 heterocycles. The van der Waals surface area contributed by atoms with Gasteiger partial charge in [-0.05, 0) is 6.92 Å². The predicted octanol–water partition coefficient (Wildman–Crippen LogP) is -1.47. The SMILES string of the molecule is C[C@H](O)CNS(=O)(=O)N1CCOCC1. The highest BCUT2D eigenvalue weighted by molar-refractivity contribution is 7.87. The van der Waals surface area contributed by atoms with E-state index < -0.39 is 16.3 Å². The quantitative estimate of drug-likeness (QED) is 0.611. The van der Waals surface area contributed by atoms with Gasteiger partial charge in [-0.25, -0.2) is 0 Å². The Kier molecular flexibility index (Phi) is 4.27. The third-order valence-corrected chi connectivity index (χ3v) is 3.45. The van der Waals surface area contributed by atoms with Crippen molar-refractivity contribution in [1.82, 2.24) is 9.03 Å². The van der Waals surface area contributed by atoms with E-state index in [9.17, 15) is 8.42 Å². The van der Waals surface area contributed by atoms with Crippen LogP contribution >= 0.6 is 0 Å². The average Bonchev–Trinajstić information content (AvgIpc) is 2.16. The molecule has 1 atom stereocenters. The largest absolute Gasteiger partial charge is 0.392 e. The summed E-state index contributed by atoms with van der Waals surface area (Å²) < 4.78 is 31.8. The highest BCUT2D eigenvalue weighted by Crippen LogP contribution is 2.02. The van der Waals surface area contributed by atoms with Crippen LogP contribution in [0.1, 0.15) is 6.92 Å². The third-order valence-electron chi connectivity index (χ3n) is 1.87. The first-order valence-electron chi connectivity index (χ1n) is 4.53. The molecule has 0 aromatic rings. The first-order valence-corrected chi connectivity index (χ1v) is 5.97. The molecule has 14 heavy (non-hydrogen) atoms. The Morgan fingerprint density at radius 1 is 1.50 bits per heavy atom. The molecule has 2 N–H and O–H groups in total. The van der Waals surface area contributed by atoms with Gasteiger partial charge in [0.05, 0.1) is 19.3 Å². The van der Waals surface area contributed by atoms with E-state index in [0.717, 1.165) is 0 Å². The lowest BCUT2D eigenvalue weighted by Crippen LogP contribution is -2.47. The minimum absolute atomic E-state index is 0.0414. The Morgan fingerprint density at radius 2 is 2.07 bits per heavy atom. The van der Waals surface area contributed by atoms with Gasteiger partial charge in [-0.2, -0.15) is 17.4 Å². The molecule has 1 fully saturated rings. The fourth-order valence-corrected chi connectivity index (χ4v) is 2.37. The molecule has 0 bridgehead atoms. The van der Waals surface area contributed by atoms with Crippen LogP contribution < -0.4 is 4.72 Å². The van der Waals surface area contributed by atoms with Gasteiger partial charge < -0.3 is 9.84 Å². The molecule has 0 radical (unpaired) electrons. The molecule has 7 heteroatoms. The van der Waals surface area contributed by atoms with Crippen molar-refractivity contribution in [2.75, 3.05) is 32.8 Å². The Labute approximate surface area is 84.0 Å². The molecule has 84 valence electrons. The molecule has 0 aliphatic carbocycles. The summed E-state index contributed by atoms with van der Waals surface area (Å²) >= 11 is 0. The lowest BCUT2D eigenvalue weighted by Gasteiger charge is -2.26. The molecule has 0 amide bonds. The van der Waals surface area contributed by atoms with Gasteiger partial charge in [-0.15, -0.1) is 0 Å². The molecule has 0 saturated carbocycles. The van der Waals surface area contributed by atoms with Gasteiger partial charge >= 0.3 is 0 Å². The summed E-state index contributed by atoms with van der Waals surface area (Å²) in [5.41, 5.74) is 0. The van der Waals surface area contributed by atoms with E-state index in [4.69, 9.17) is 9.84 Å². The maximum atomic E-state index is 11.5. The van der Waals surface area contributed by atoms with Crippen LogP contribution in [0.25, 0.3) is 0 Å². The maximum absolute atomic E-state index is 11.5. The summed E-state index contributed by atoms with van der Waals surface area (Å²) in [6.07, 6.45) is -0.675. The minimum Gasteiger partial charge on any atom is -0.392 e. The zero-order valence-corrected chi connectivity index (χ0v) is 8.96. The number of rotatable bonds is 4. The molecular weight excluding hydrogens is 208 g/mol. The van der Waals surface area contributed by atoms with Crippen molar-refractivity contribution >= 4 is 10.2 Å². The summed E-state index contributed by atoms with van der Waals surface area (Å²) in [7, 11) is -3.44. The van der Waals surface area contributed by atoms with Gasteiger partial charge in [0, 0.05) is 19.6 Å². The monoisotopic (exact) mass is 224 g/mol. The minimum atomic E-state index is -3.44. The van der Waals surface area contributed by atoms with E-state index in [1.165, 1.54) is 11.2 Å². The number of ether oxygens (including phenoxy) is 1. The van der Waals surface area contributed by atoms with Crippen LogP contribution in [-0.4, -0.2) is 56.8 Å². The summed E-state index contributed by atoms with van der Waals surface area (Å²) in [6.45, 7) is 3.16. The zero-order valence-electron chi connectivity index (χ0n) is 8.14. The van der Waals surface area contributed by atoms with Crippen LogP contribution in [0.15, 0.2) is 0 Å². The Hall–Kier alpha value is -0.210. The van der Waals surface area contributed by atoms with Crippen molar-refractivity contribution in [3.63, 3.8) is 0 Å². The molecular formula is C7H16N2O4S. The van der Waals surface area contributed by atoms with Gasteiger partial charge in [0.1, 0.15) is 0 Å². The van der Waals surface area contributed by atoms with E-state index in [1.807, 2.05) is 0 Å². The molecule has 1 rings (SSSR count). The first-order chi connectivity index (χ1) is 6.52. The Morgan fingerprint density at radius 3 is 2.57 bits per heavy atom. The highest BCUT2D eigenvalue weighted by atomic mass is 32.2. The summed E-state index contributed by atoms with van der Waals surface area (Å²) in [6, 6.07) is 0. The van der Waals surface area contributed by atoms with Crippen LogP contribution in [0.2, 0.25) is 0 Å². The number of nitrogens with zero attached hydrogens (tertiary/aromatic N) is 1. The number of aliphatic hydroxyl groups excluding tert-OH is 1. The van der Waals surface area contributed by atoms with Crippen molar-refractivity contribution in [2.45, 2.75) is 13.0 Å². The van der Waals surface area contributed by atoms with Gasteiger partial charge in [0.15, 0.2) is 0 Å². The van der Waals surface area contributed by atoms with Crippen molar-refractivity contribution in [3.05, 3.63) is 0 Å². The Bertz CT molecular complexity index is 259. The number of hydrogen-bond donors (Lipinski definition) is 2. The van der Waals surface area contributed by atoms with Crippen molar-refractivity contribution < 1.29 is 18.3 Å². The summed E-state index contributed by atoms with van der Waals surface area (Å²) in [4.78, 5) is 0. The zero-order chi connectivity index (χ0) is 10.6. The second-order valence-corrected chi connectivity index (χ2v) is 4.97. The lowest BCUT2D eigenvalue weighted by molar-refractivity contribution is 0.0722. The van der Waals surface area contributed by atoms with Crippen LogP contribution in [0.4, 0.5) is 0 Å². The number of morpholine rings is 1. The normalized spacial score (nSPS) is 22.1. The molecule has 0 aromatic heterocycles.